The molecule has 11 heavy (non-hydrogen) atoms. The molecule has 0 aromatic heterocycles. The minimum absolute atomic E-state index is 0.673. The van der Waals surface area contributed by atoms with Crippen LogP contribution in [0.5, 0.6) is 0 Å². The predicted octanol–water partition coefficient (Wildman–Crippen LogP) is 1.77. The normalized spacial score (nSPS) is 20.9. The summed E-state index contributed by atoms with van der Waals surface area (Å²) in [6.45, 7) is 1.38. The van der Waals surface area contributed by atoms with E-state index in [2.05, 4.69) is 4.52 Å². The Balaban J connectivity index is 4.10. The lowest BCUT2D eigenvalue weighted by Gasteiger charge is -2.17. The lowest BCUT2D eigenvalue weighted by molar-refractivity contribution is -0.190. The smallest absolute Gasteiger partial charge is 0.324 e. The highest BCUT2D eigenvalue weighted by molar-refractivity contribution is 7.51. The first-order valence-corrected chi connectivity index (χ1v) is 4.71. The van der Waals surface area contributed by atoms with Gasteiger partial charge in [-0.2, -0.15) is 13.2 Å². The zero-order valence-corrected chi connectivity index (χ0v) is 6.82. The maximum atomic E-state index is 11.6. The molecule has 0 spiro atoms. The van der Waals surface area contributed by atoms with Crippen LogP contribution >= 0.6 is 7.60 Å². The van der Waals surface area contributed by atoms with Crippen LogP contribution in [0.3, 0.4) is 0 Å². The van der Waals surface area contributed by atoms with Crippen molar-refractivity contribution >= 4 is 7.60 Å². The van der Waals surface area contributed by atoms with Gasteiger partial charge in [0, 0.05) is 6.66 Å². The molecule has 0 fully saturated rings. The third-order valence-electron chi connectivity index (χ3n) is 0.815. The monoisotopic (exact) mass is 192 g/mol. The first-order valence-electron chi connectivity index (χ1n) is 2.68. The molecule has 1 N–H and O–H groups in total. The van der Waals surface area contributed by atoms with E-state index in [4.69, 9.17) is 4.89 Å². The fourth-order valence-electron chi connectivity index (χ4n) is 0.353. The van der Waals surface area contributed by atoms with E-state index in [9.17, 15) is 17.7 Å². The topological polar surface area (TPSA) is 46.5 Å². The largest absolute Gasteiger partial charge is 0.414 e. The third-order valence-corrected chi connectivity index (χ3v) is 1.52. The lowest BCUT2D eigenvalue weighted by Crippen LogP contribution is -2.27. The first-order chi connectivity index (χ1) is 4.63. The molecule has 2 atom stereocenters. The number of hydrogen-bond donors (Lipinski definition) is 1. The van der Waals surface area contributed by atoms with Crippen molar-refractivity contribution in [2.24, 2.45) is 0 Å². The summed E-state index contributed by atoms with van der Waals surface area (Å²) < 4.78 is 49.0. The molecule has 0 amide bonds. The van der Waals surface area contributed by atoms with E-state index in [0.29, 0.717) is 13.6 Å². The van der Waals surface area contributed by atoms with Crippen molar-refractivity contribution in [3.63, 3.8) is 0 Å². The summed E-state index contributed by atoms with van der Waals surface area (Å²) in [5.74, 6) is 0. The number of halogens is 3. The Morgan fingerprint density at radius 3 is 2.00 bits per heavy atom. The minimum Gasteiger partial charge on any atom is -0.324 e. The second-order valence-corrected chi connectivity index (χ2v) is 3.91. The van der Waals surface area contributed by atoms with Gasteiger partial charge in [-0.05, 0) is 6.92 Å². The molecule has 0 aliphatic heterocycles. The summed E-state index contributed by atoms with van der Waals surface area (Å²) in [6.07, 6.45) is -6.79. The third kappa shape index (κ3) is 5.24. The molecule has 0 aliphatic rings. The van der Waals surface area contributed by atoms with Crippen molar-refractivity contribution in [2.45, 2.75) is 19.2 Å². The Morgan fingerprint density at radius 1 is 1.55 bits per heavy atom. The summed E-state index contributed by atoms with van der Waals surface area (Å²) in [5.41, 5.74) is 0. The maximum absolute atomic E-state index is 11.6. The van der Waals surface area contributed by atoms with E-state index < -0.39 is 19.9 Å². The van der Waals surface area contributed by atoms with E-state index >= 15 is 0 Å². The number of alkyl halides is 3. The SMILES string of the molecule is CC(OP(C)(=O)O)C(F)(F)F. The van der Waals surface area contributed by atoms with Crippen LogP contribution in [0.25, 0.3) is 0 Å². The van der Waals surface area contributed by atoms with Crippen molar-refractivity contribution in [2.75, 3.05) is 6.66 Å². The molecular weight excluding hydrogens is 184 g/mol. The summed E-state index contributed by atoms with van der Waals surface area (Å²) >= 11 is 0. The second kappa shape index (κ2) is 3.13. The maximum Gasteiger partial charge on any atom is 0.414 e. The van der Waals surface area contributed by atoms with Gasteiger partial charge in [0.15, 0.2) is 6.10 Å². The van der Waals surface area contributed by atoms with Gasteiger partial charge < -0.3 is 4.89 Å². The molecule has 0 radical (unpaired) electrons. The van der Waals surface area contributed by atoms with Gasteiger partial charge >= 0.3 is 13.8 Å². The van der Waals surface area contributed by atoms with Crippen molar-refractivity contribution in [3.8, 4) is 0 Å². The fraction of sp³-hybridized carbons (Fsp3) is 1.00. The van der Waals surface area contributed by atoms with Gasteiger partial charge in [-0.25, -0.2) is 0 Å². The average molecular weight is 192 g/mol. The van der Waals surface area contributed by atoms with Crippen LogP contribution < -0.4 is 0 Å². The molecule has 0 saturated carbocycles. The Morgan fingerprint density at radius 2 is 1.91 bits per heavy atom. The molecule has 0 aromatic rings. The van der Waals surface area contributed by atoms with Gasteiger partial charge in [-0.15, -0.1) is 0 Å². The Hall–Kier alpha value is -0.0600. The van der Waals surface area contributed by atoms with Crippen molar-refractivity contribution < 1.29 is 27.2 Å². The van der Waals surface area contributed by atoms with Crippen LogP contribution in [0, 0.1) is 0 Å². The molecule has 0 aromatic carbocycles. The van der Waals surface area contributed by atoms with E-state index in [1.54, 1.807) is 0 Å². The average Bonchev–Trinajstić information content (AvgIpc) is 1.56. The molecular formula is C4H8F3O3P. The zero-order valence-electron chi connectivity index (χ0n) is 5.92. The molecule has 68 valence electrons. The summed E-state index contributed by atoms with van der Waals surface area (Å²) in [5, 5.41) is 0. The van der Waals surface area contributed by atoms with E-state index in [1.807, 2.05) is 0 Å². The summed E-state index contributed by atoms with van der Waals surface area (Å²) in [4.78, 5) is 8.38. The Bertz CT molecular complexity index is 172. The van der Waals surface area contributed by atoms with Gasteiger partial charge in [-0.3, -0.25) is 9.09 Å². The minimum atomic E-state index is -4.59. The van der Waals surface area contributed by atoms with Crippen molar-refractivity contribution in [1.29, 1.82) is 0 Å². The van der Waals surface area contributed by atoms with Crippen molar-refractivity contribution in [1.82, 2.24) is 0 Å². The molecule has 7 heteroatoms. The zero-order chi connectivity index (χ0) is 9.28. The van der Waals surface area contributed by atoms with Crippen molar-refractivity contribution in [3.05, 3.63) is 0 Å². The highest BCUT2D eigenvalue weighted by atomic mass is 31.2. The summed E-state index contributed by atoms with van der Waals surface area (Å²) in [7, 11) is -4.04. The molecule has 3 nitrogen and oxygen atoms in total. The van der Waals surface area contributed by atoms with Crippen LogP contribution in [-0.2, 0) is 9.09 Å². The van der Waals surface area contributed by atoms with E-state index in [1.165, 1.54) is 0 Å². The second-order valence-electron chi connectivity index (χ2n) is 2.09. The van der Waals surface area contributed by atoms with Gasteiger partial charge in [0.2, 0.25) is 0 Å². The lowest BCUT2D eigenvalue weighted by atomic mass is 10.4. The standard InChI is InChI=1S/C4H8F3O3P/c1-3(4(5,6)7)10-11(2,8)9/h3H,1-2H3,(H,8,9). The van der Waals surface area contributed by atoms with E-state index in [-0.39, 0.29) is 0 Å². The molecule has 0 aliphatic carbocycles. The summed E-state index contributed by atoms with van der Waals surface area (Å²) in [6, 6.07) is 0. The van der Waals surface area contributed by atoms with Crippen LogP contribution in [0.1, 0.15) is 6.92 Å². The van der Waals surface area contributed by atoms with Crippen LogP contribution in [0.4, 0.5) is 13.2 Å². The van der Waals surface area contributed by atoms with Crippen LogP contribution in [0.2, 0.25) is 0 Å². The Labute approximate surface area is 61.7 Å². The molecule has 0 bridgehead atoms. The van der Waals surface area contributed by atoms with Crippen LogP contribution in [-0.4, -0.2) is 23.8 Å². The van der Waals surface area contributed by atoms with E-state index in [0.717, 1.165) is 0 Å². The predicted molar refractivity (Wildman–Crippen MR) is 32.4 cm³/mol. The highest BCUT2D eigenvalue weighted by Crippen LogP contribution is 2.41. The number of hydrogen-bond acceptors (Lipinski definition) is 2. The number of rotatable bonds is 2. The Kier molecular flexibility index (Phi) is 3.11. The highest BCUT2D eigenvalue weighted by Gasteiger charge is 2.39. The van der Waals surface area contributed by atoms with Gasteiger partial charge in [0.05, 0.1) is 0 Å². The van der Waals surface area contributed by atoms with Gasteiger partial charge in [0.1, 0.15) is 0 Å². The van der Waals surface area contributed by atoms with Gasteiger partial charge in [-0.1, -0.05) is 0 Å². The molecule has 0 heterocycles. The molecule has 0 saturated heterocycles. The molecule has 0 rings (SSSR count). The fourth-order valence-corrected chi connectivity index (χ4v) is 1.06. The first kappa shape index (κ1) is 10.9. The molecule has 2 unspecified atom stereocenters. The van der Waals surface area contributed by atoms with Gasteiger partial charge in [0.25, 0.3) is 0 Å². The van der Waals surface area contributed by atoms with Crippen LogP contribution in [0.15, 0.2) is 0 Å². The quantitative estimate of drug-likeness (QED) is 0.678.